The zero-order valence-corrected chi connectivity index (χ0v) is 21.9. The fourth-order valence-corrected chi connectivity index (χ4v) is 3.55. The summed E-state index contributed by atoms with van der Waals surface area (Å²) in [5.41, 5.74) is 9.57. The number of carbonyl (C=O) groups excluding carboxylic acids is 3. The van der Waals surface area contributed by atoms with Crippen molar-refractivity contribution in [2.45, 2.75) is 50.9 Å². The lowest BCUT2D eigenvalue weighted by Gasteiger charge is -2.33. The van der Waals surface area contributed by atoms with Crippen LogP contribution in [0.3, 0.4) is 0 Å². The van der Waals surface area contributed by atoms with E-state index < -0.39 is 29.4 Å². The van der Waals surface area contributed by atoms with Crippen molar-refractivity contribution >= 4 is 17.7 Å². The molecule has 3 amide bonds. The van der Waals surface area contributed by atoms with Gasteiger partial charge < -0.3 is 20.7 Å². The van der Waals surface area contributed by atoms with Gasteiger partial charge in [-0.3, -0.25) is 19.4 Å². The van der Waals surface area contributed by atoms with Crippen LogP contribution in [-0.4, -0.2) is 73.0 Å². The minimum atomic E-state index is -1.19. The Balaban J connectivity index is 2.21. The lowest BCUT2D eigenvalue weighted by Crippen LogP contribution is -2.60. The number of hydrogen-bond donors (Lipinski definition) is 3. The fourth-order valence-electron chi connectivity index (χ4n) is 3.55. The van der Waals surface area contributed by atoms with E-state index in [1.807, 2.05) is 60.7 Å². The molecule has 2 atom stereocenters. The van der Waals surface area contributed by atoms with Crippen molar-refractivity contribution in [3.05, 3.63) is 71.8 Å². The van der Waals surface area contributed by atoms with Gasteiger partial charge in [-0.25, -0.2) is 5.43 Å². The van der Waals surface area contributed by atoms with E-state index in [1.165, 1.54) is 9.91 Å². The minimum absolute atomic E-state index is 0.0681. The summed E-state index contributed by atoms with van der Waals surface area (Å²) in [5, 5.41) is 4.06. The Bertz CT molecular complexity index is 979. The highest BCUT2D eigenvalue weighted by molar-refractivity contribution is 5.93. The van der Waals surface area contributed by atoms with Crippen molar-refractivity contribution in [1.29, 1.82) is 0 Å². The van der Waals surface area contributed by atoms with E-state index in [1.54, 1.807) is 35.0 Å². The van der Waals surface area contributed by atoms with E-state index in [9.17, 15) is 14.4 Å². The predicted octanol–water partition coefficient (Wildman–Crippen LogP) is 1.48. The van der Waals surface area contributed by atoms with Crippen molar-refractivity contribution in [1.82, 2.24) is 20.7 Å². The second-order valence-electron chi connectivity index (χ2n) is 9.36. The summed E-state index contributed by atoms with van der Waals surface area (Å²) in [5.74, 6) is -1.19. The Kier molecular flexibility index (Phi) is 11.0. The third-order valence-electron chi connectivity index (χ3n) is 5.90. The standard InChI is InChI=1S/C27H39N5O4/c1-27(2,28)26(35)30-22(19-36-18-21-14-10-7-11-15-21)24(33)31(4)23(25(34)32(5)29-3)17-16-20-12-8-6-9-13-20/h6-15,22-23,29H,16-19,28H2,1-5H3,(H,30,35)/t22?,23-/m1/s1. The van der Waals surface area contributed by atoms with Gasteiger partial charge in [0.15, 0.2) is 0 Å². The highest BCUT2D eigenvalue weighted by Gasteiger charge is 2.35. The van der Waals surface area contributed by atoms with Gasteiger partial charge in [0.2, 0.25) is 11.8 Å². The maximum Gasteiger partial charge on any atom is 0.259 e. The number of likely N-dealkylation sites (N-methyl/N-ethyl adjacent to an activating group) is 2. The van der Waals surface area contributed by atoms with Crippen LogP contribution in [0.4, 0.5) is 0 Å². The number of ether oxygens (including phenoxy) is 1. The molecule has 0 fully saturated rings. The number of nitrogens with one attached hydrogen (secondary N) is 2. The zero-order valence-electron chi connectivity index (χ0n) is 21.9. The van der Waals surface area contributed by atoms with Crippen LogP contribution in [0, 0.1) is 0 Å². The molecule has 2 aromatic carbocycles. The van der Waals surface area contributed by atoms with Gasteiger partial charge in [-0.05, 0) is 37.8 Å². The summed E-state index contributed by atoms with van der Waals surface area (Å²) in [7, 11) is 4.82. The number of benzene rings is 2. The van der Waals surface area contributed by atoms with Crippen LogP contribution in [0.2, 0.25) is 0 Å². The van der Waals surface area contributed by atoms with E-state index in [2.05, 4.69) is 10.7 Å². The second-order valence-corrected chi connectivity index (χ2v) is 9.36. The quantitative estimate of drug-likeness (QED) is 0.361. The minimum Gasteiger partial charge on any atom is -0.374 e. The first kappa shape index (κ1) is 29.0. The maximum absolute atomic E-state index is 13.6. The Morgan fingerprint density at radius 1 is 0.944 bits per heavy atom. The molecule has 0 saturated heterocycles. The number of nitrogens with zero attached hydrogens (tertiary/aromatic N) is 2. The number of hydrogen-bond acceptors (Lipinski definition) is 6. The van der Waals surface area contributed by atoms with Gasteiger partial charge in [0.05, 0.1) is 18.8 Å². The van der Waals surface area contributed by atoms with Crippen LogP contribution < -0.4 is 16.5 Å². The van der Waals surface area contributed by atoms with Crippen LogP contribution in [0.1, 0.15) is 31.4 Å². The summed E-state index contributed by atoms with van der Waals surface area (Å²) >= 11 is 0. The molecular formula is C27H39N5O4. The van der Waals surface area contributed by atoms with Gasteiger partial charge in [-0.2, -0.15) is 0 Å². The van der Waals surface area contributed by atoms with Crippen LogP contribution in [-0.2, 0) is 32.1 Å². The SMILES string of the molecule is CNN(C)C(=O)[C@@H](CCc1ccccc1)N(C)C(=O)C(COCc1ccccc1)NC(=O)C(C)(C)N. The largest absolute Gasteiger partial charge is 0.374 e. The lowest BCUT2D eigenvalue weighted by molar-refractivity contribution is -0.148. The molecule has 0 aliphatic rings. The molecule has 9 nitrogen and oxygen atoms in total. The molecule has 1 unspecified atom stereocenters. The highest BCUT2D eigenvalue weighted by Crippen LogP contribution is 2.14. The smallest absolute Gasteiger partial charge is 0.259 e. The summed E-state index contributed by atoms with van der Waals surface area (Å²) in [6.07, 6.45) is 1.01. The molecule has 196 valence electrons. The van der Waals surface area contributed by atoms with Gasteiger partial charge >= 0.3 is 0 Å². The Morgan fingerprint density at radius 2 is 1.50 bits per heavy atom. The average molecular weight is 498 g/mol. The fraction of sp³-hybridized carbons (Fsp3) is 0.444. The number of rotatable bonds is 13. The molecule has 0 spiro atoms. The zero-order chi connectivity index (χ0) is 26.7. The molecule has 0 aliphatic carbocycles. The number of aryl methyl sites for hydroxylation is 1. The molecule has 9 heteroatoms. The van der Waals surface area contributed by atoms with Crippen molar-refractivity contribution in [2.24, 2.45) is 5.73 Å². The van der Waals surface area contributed by atoms with E-state index >= 15 is 0 Å². The molecule has 2 aromatic rings. The van der Waals surface area contributed by atoms with Gasteiger partial charge in [-0.15, -0.1) is 0 Å². The lowest BCUT2D eigenvalue weighted by atomic mass is 10.0. The van der Waals surface area contributed by atoms with Crippen LogP contribution >= 0.6 is 0 Å². The Labute approximate surface area is 213 Å². The van der Waals surface area contributed by atoms with Gasteiger partial charge in [-0.1, -0.05) is 60.7 Å². The first-order valence-electron chi connectivity index (χ1n) is 12.0. The Hall–Kier alpha value is -3.27. The molecular weight excluding hydrogens is 458 g/mol. The summed E-state index contributed by atoms with van der Waals surface area (Å²) < 4.78 is 5.79. The number of hydrazine groups is 1. The number of nitrogens with two attached hydrogens (primary N) is 1. The third kappa shape index (κ3) is 8.75. The van der Waals surface area contributed by atoms with Crippen molar-refractivity contribution < 1.29 is 19.1 Å². The van der Waals surface area contributed by atoms with Crippen molar-refractivity contribution in [2.75, 3.05) is 27.7 Å². The predicted molar refractivity (Wildman–Crippen MR) is 139 cm³/mol. The first-order chi connectivity index (χ1) is 17.0. The number of carbonyl (C=O) groups is 3. The normalized spacial score (nSPS) is 12.9. The van der Waals surface area contributed by atoms with Gasteiger partial charge in [0.1, 0.15) is 12.1 Å². The molecule has 0 radical (unpaired) electrons. The maximum atomic E-state index is 13.6. The highest BCUT2D eigenvalue weighted by atomic mass is 16.5. The molecule has 36 heavy (non-hydrogen) atoms. The summed E-state index contributed by atoms with van der Waals surface area (Å²) in [6, 6.07) is 17.5. The second kappa shape index (κ2) is 13.7. The van der Waals surface area contributed by atoms with Crippen LogP contribution in [0.15, 0.2) is 60.7 Å². The number of amides is 3. The van der Waals surface area contributed by atoms with Crippen LogP contribution in [0.5, 0.6) is 0 Å². The van der Waals surface area contributed by atoms with Gasteiger partial charge in [0.25, 0.3) is 5.91 Å². The van der Waals surface area contributed by atoms with E-state index in [-0.39, 0.29) is 19.1 Å². The van der Waals surface area contributed by atoms with Crippen LogP contribution in [0.25, 0.3) is 0 Å². The molecule has 4 N–H and O–H groups in total. The first-order valence-corrected chi connectivity index (χ1v) is 12.0. The van der Waals surface area contributed by atoms with Gasteiger partial charge in [0, 0.05) is 21.1 Å². The molecule has 0 aliphatic heterocycles. The molecule has 0 saturated carbocycles. The van der Waals surface area contributed by atoms with Crippen molar-refractivity contribution in [3.8, 4) is 0 Å². The molecule has 0 heterocycles. The van der Waals surface area contributed by atoms with Crippen molar-refractivity contribution in [3.63, 3.8) is 0 Å². The Morgan fingerprint density at radius 3 is 2.03 bits per heavy atom. The third-order valence-corrected chi connectivity index (χ3v) is 5.90. The monoisotopic (exact) mass is 497 g/mol. The topological polar surface area (TPSA) is 117 Å². The van der Waals surface area contributed by atoms with E-state index in [4.69, 9.17) is 10.5 Å². The summed E-state index contributed by atoms with van der Waals surface area (Å²) in [4.78, 5) is 40.8. The molecule has 0 bridgehead atoms. The van der Waals surface area contributed by atoms with E-state index in [0.717, 1.165) is 11.1 Å². The molecule has 0 aromatic heterocycles. The summed E-state index contributed by atoms with van der Waals surface area (Å²) in [6.45, 7) is 3.33. The molecule has 2 rings (SSSR count). The van der Waals surface area contributed by atoms with E-state index in [0.29, 0.717) is 12.8 Å². The average Bonchev–Trinajstić information content (AvgIpc) is 2.87.